The number of carbonyl (C=O) groups excluding carboxylic acids is 1. The van der Waals surface area contributed by atoms with Gasteiger partial charge in [0, 0.05) is 25.1 Å². The Morgan fingerprint density at radius 1 is 1.53 bits per heavy atom. The van der Waals surface area contributed by atoms with Crippen molar-refractivity contribution in [3.8, 4) is 0 Å². The van der Waals surface area contributed by atoms with Crippen LogP contribution in [-0.4, -0.2) is 11.0 Å². The summed E-state index contributed by atoms with van der Waals surface area (Å²) in [4.78, 5) is 15.4. The fourth-order valence-corrected chi connectivity index (χ4v) is 1.08. The minimum absolute atomic E-state index is 0.200. The van der Waals surface area contributed by atoms with Crippen molar-refractivity contribution >= 4 is 6.03 Å². The van der Waals surface area contributed by atoms with Crippen LogP contribution in [0.1, 0.15) is 26.3 Å². The van der Waals surface area contributed by atoms with Gasteiger partial charge in [-0.2, -0.15) is 0 Å². The summed E-state index contributed by atoms with van der Waals surface area (Å²) < 4.78 is 0. The first-order chi connectivity index (χ1) is 8.09. The van der Waals surface area contributed by atoms with Gasteiger partial charge in [-0.15, -0.1) is 0 Å². The lowest BCUT2D eigenvalue weighted by Gasteiger charge is -2.07. The topological polar surface area (TPSA) is 54.0 Å². The SMILES string of the molecule is C/C(=C\NC(=O)NCc1cccnc1)C(C)C. The third-order valence-electron chi connectivity index (χ3n) is 2.52. The van der Waals surface area contributed by atoms with E-state index in [0.29, 0.717) is 12.5 Å². The third-order valence-corrected chi connectivity index (χ3v) is 2.52. The van der Waals surface area contributed by atoms with E-state index in [9.17, 15) is 4.79 Å². The summed E-state index contributed by atoms with van der Waals surface area (Å²) in [6, 6.07) is 3.56. The minimum Gasteiger partial charge on any atom is -0.334 e. The van der Waals surface area contributed by atoms with Crippen molar-refractivity contribution in [2.75, 3.05) is 0 Å². The van der Waals surface area contributed by atoms with Crippen LogP contribution in [0.3, 0.4) is 0 Å². The molecule has 1 rings (SSSR count). The lowest BCUT2D eigenvalue weighted by Crippen LogP contribution is -2.32. The second kappa shape index (κ2) is 6.68. The van der Waals surface area contributed by atoms with Gasteiger partial charge in [0.1, 0.15) is 0 Å². The molecular formula is C13H19N3O. The average Bonchev–Trinajstić information content (AvgIpc) is 2.34. The first-order valence-electron chi connectivity index (χ1n) is 5.69. The molecule has 0 aromatic carbocycles. The molecule has 2 N–H and O–H groups in total. The summed E-state index contributed by atoms with van der Waals surface area (Å²) in [7, 11) is 0. The number of carbonyl (C=O) groups is 1. The largest absolute Gasteiger partial charge is 0.334 e. The number of hydrogen-bond acceptors (Lipinski definition) is 2. The average molecular weight is 233 g/mol. The molecule has 0 unspecified atom stereocenters. The van der Waals surface area contributed by atoms with Gasteiger partial charge >= 0.3 is 6.03 Å². The van der Waals surface area contributed by atoms with Gasteiger partial charge in [0.2, 0.25) is 0 Å². The van der Waals surface area contributed by atoms with Crippen LogP contribution in [0.4, 0.5) is 4.79 Å². The Hall–Kier alpha value is -1.84. The molecule has 0 aliphatic rings. The van der Waals surface area contributed by atoms with Crippen molar-refractivity contribution in [2.24, 2.45) is 5.92 Å². The molecule has 17 heavy (non-hydrogen) atoms. The molecule has 0 saturated carbocycles. The molecule has 0 saturated heterocycles. The highest BCUT2D eigenvalue weighted by molar-refractivity contribution is 5.74. The summed E-state index contributed by atoms with van der Waals surface area (Å²) in [5.74, 6) is 0.439. The maximum atomic E-state index is 11.5. The van der Waals surface area contributed by atoms with Crippen LogP contribution < -0.4 is 10.6 Å². The van der Waals surface area contributed by atoms with Gasteiger partial charge in [-0.25, -0.2) is 4.79 Å². The summed E-state index contributed by atoms with van der Waals surface area (Å²) in [5, 5.41) is 5.46. The van der Waals surface area contributed by atoms with Crippen LogP contribution in [0.2, 0.25) is 0 Å². The standard InChI is InChI=1S/C13H19N3O/c1-10(2)11(3)7-15-13(17)16-9-12-5-4-6-14-8-12/h4-8,10H,9H2,1-3H3,(H2,15,16,17)/b11-7+. The summed E-state index contributed by atoms with van der Waals surface area (Å²) in [6.07, 6.45) is 5.18. The molecule has 0 aliphatic heterocycles. The van der Waals surface area contributed by atoms with E-state index in [1.807, 2.05) is 19.1 Å². The number of amides is 2. The Kier molecular flexibility index (Phi) is 5.20. The van der Waals surface area contributed by atoms with Crippen molar-refractivity contribution in [3.05, 3.63) is 41.9 Å². The molecule has 4 nitrogen and oxygen atoms in total. The summed E-state index contributed by atoms with van der Waals surface area (Å²) in [6.45, 7) is 6.64. The van der Waals surface area contributed by atoms with Crippen LogP contribution in [-0.2, 0) is 6.54 Å². The first kappa shape index (κ1) is 13.2. The number of urea groups is 1. The smallest absolute Gasteiger partial charge is 0.319 e. The molecule has 4 heteroatoms. The number of rotatable bonds is 4. The Bertz CT molecular complexity index is 385. The molecule has 1 heterocycles. The van der Waals surface area contributed by atoms with E-state index in [1.54, 1.807) is 18.6 Å². The Morgan fingerprint density at radius 2 is 2.29 bits per heavy atom. The number of nitrogens with zero attached hydrogens (tertiary/aromatic N) is 1. The van der Waals surface area contributed by atoms with Gasteiger partial charge in [0.05, 0.1) is 0 Å². The van der Waals surface area contributed by atoms with Gasteiger partial charge in [-0.1, -0.05) is 25.5 Å². The highest BCUT2D eigenvalue weighted by Gasteiger charge is 2.00. The summed E-state index contributed by atoms with van der Waals surface area (Å²) >= 11 is 0. The van der Waals surface area contributed by atoms with Crippen LogP contribution in [0.5, 0.6) is 0 Å². The molecule has 0 radical (unpaired) electrons. The van der Waals surface area contributed by atoms with Gasteiger partial charge in [-0.3, -0.25) is 4.98 Å². The molecule has 0 bridgehead atoms. The molecule has 1 aromatic heterocycles. The Labute approximate surface area is 102 Å². The number of nitrogens with one attached hydrogen (secondary N) is 2. The van der Waals surface area contributed by atoms with E-state index in [0.717, 1.165) is 11.1 Å². The van der Waals surface area contributed by atoms with E-state index in [1.165, 1.54) is 0 Å². The quantitative estimate of drug-likeness (QED) is 0.839. The van der Waals surface area contributed by atoms with Crippen molar-refractivity contribution in [1.29, 1.82) is 0 Å². The molecule has 0 aliphatic carbocycles. The van der Waals surface area contributed by atoms with Gasteiger partial charge in [0.25, 0.3) is 0 Å². The van der Waals surface area contributed by atoms with E-state index in [-0.39, 0.29) is 6.03 Å². The van der Waals surface area contributed by atoms with E-state index in [4.69, 9.17) is 0 Å². The lowest BCUT2D eigenvalue weighted by atomic mass is 10.1. The fourth-order valence-electron chi connectivity index (χ4n) is 1.08. The molecule has 0 spiro atoms. The monoisotopic (exact) mass is 233 g/mol. The first-order valence-corrected chi connectivity index (χ1v) is 5.69. The number of pyridine rings is 1. The zero-order valence-corrected chi connectivity index (χ0v) is 10.5. The number of aromatic nitrogens is 1. The van der Waals surface area contributed by atoms with Crippen LogP contribution in [0.25, 0.3) is 0 Å². The fraction of sp³-hybridized carbons (Fsp3) is 0.385. The van der Waals surface area contributed by atoms with Crippen molar-refractivity contribution < 1.29 is 4.79 Å². The number of hydrogen-bond donors (Lipinski definition) is 2. The molecular weight excluding hydrogens is 214 g/mol. The van der Waals surface area contributed by atoms with Crippen molar-refractivity contribution in [3.63, 3.8) is 0 Å². The Morgan fingerprint density at radius 3 is 2.88 bits per heavy atom. The highest BCUT2D eigenvalue weighted by Crippen LogP contribution is 2.05. The third kappa shape index (κ3) is 5.15. The normalized spacial score (nSPS) is 11.4. The highest BCUT2D eigenvalue weighted by atomic mass is 16.2. The van der Waals surface area contributed by atoms with Gasteiger partial charge in [0.15, 0.2) is 0 Å². The van der Waals surface area contributed by atoms with Gasteiger partial charge < -0.3 is 10.6 Å². The summed E-state index contributed by atoms with van der Waals surface area (Å²) in [5.41, 5.74) is 2.12. The molecule has 92 valence electrons. The zero-order valence-electron chi connectivity index (χ0n) is 10.5. The minimum atomic E-state index is -0.200. The second-order valence-electron chi connectivity index (χ2n) is 4.23. The number of allylic oxidation sites excluding steroid dienone is 1. The molecule has 0 atom stereocenters. The maximum Gasteiger partial charge on any atom is 0.319 e. The predicted octanol–water partition coefficient (Wildman–Crippen LogP) is 2.44. The lowest BCUT2D eigenvalue weighted by molar-refractivity contribution is 0.243. The van der Waals surface area contributed by atoms with Gasteiger partial charge in [-0.05, 0) is 24.5 Å². The maximum absolute atomic E-state index is 11.5. The molecule has 1 aromatic rings. The zero-order chi connectivity index (χ0) is 12.7. The van der Waals surface area contributed by atoms with Crippen LogP contribution in [0.15, 0.2) is 36.3 Å². The van der Waals surface area contributed by atoms with Crippen LogP contribution >= 0.6 is 0 Å². The molecule has 2 amide bonds. The van der Waals surface area contributed by atoms with Crippen molar-refractivity contribution in [2.45, 2.75) is 27.3 Å². The van der Waals surface area contributed by atoms with Crippen LogP contribution in [0, 0.1) is 5.92 Å². The predicted molar refractivity (Wildman–Crippen MR) is 68.2 cm³/mol. The second-order valence-corrected chi connectivity index (χ2v) is 4.23. The molecule has 0 fully saturated rings. The van der Waals surface area contributed by atoms with Crippen molar-refractivity contribution in [1.82, 2.24) is 15.6 Å². The van der Waals surface area contributed by atoms with E-state index < -0.39 is 0 Å². The Balaban J connectivity index is 2.34. The van der Waals surface area contributed by atoms with E-state index in [2.05, 4.69) is 29.5 Å². The van der Waals surface area contributed by atoms with E-state index >= 15 is 0 Å².